The number of hydrogen-bond acceptors (Lipinski definition) is 9. The molecule has 11 nitrogen and oxygen atoms in total. The Morgan fingerprint density at radius 1 is 0.740 bits per heavy atom. The zero-order valence-corrected chi connectivity index (χ0v) is 27.9. The number of fused-ring (bicyclic) bond motifs is 6. The van der Waals surface area contributed by atoms with Crippen molar-refractivity contribution in [2.75, 3.05) is 32.8 Å². The maximum absolute atomic E-state index is 13.8. The predicted octanol–water partition coefficient (Wildman–Crippen LogP) is 5.15. The molecule has 256 valence electrons. The van der Waals surface area contributed by atoms with Gasteiger partial charge in [0, 0.05) is 37.9 Å². The summed E-state index contributed by atoms with van der Waals surface area (Å²) in [6.07, 6.45) is 2.67. The van der Waals surface area contributed by atoms with Crippen LogP contribution in [-0.2, 0) is 25.9 Å². The Kier molecular flexibility index (Phi) is 8.28. The highest BCUT2D eigenvalue weighted by Gasteiger charge is 2.39. The maximum atomic E-state index is 13.8. The number of carbonyl (C=O) groups is 2. The average Bonchev–Trinajstić information content (AvgIpc) is 3.33. The molecule has 0 aliphatic carbocycles. The molecule has 0 saturated heterocycles. The molecule has 2 amide bonds. The summed E-state index contributed by atoms with van der Waals surface area (Å²) >= 11 is 0. The molecule has 4 aromatic rings. The number of nitrogens with one attached hydrogen (secondary N) is 1. The Balaban J connectivity index is 0.935. The third kappa shape index (κ3) is 5.67. The van der Waals surface area contributed by atoms with Gasteiger partial charge in [0.15, 0.2) is 23.0 Å². The van der Waals surface area contributed by atoms with E-state index in [1.165, 1.54) is 12.7 Å². The molecule has 0 aromatic heterocycles. The van der Waals surface area contributed by atoms with Crippen LogP contribution in [0.1, 0.15) is 49.4 Å². The topological polar surface area (TPSA) is 122 Å². The summed E-state index contributed by atoms with van der Waals surface area (Å²) in [6.45, 7) is 1.54. The number of aliphatic imine (C=N–C) groups is 1. The highest BCUT2D eigenvalue weighted by atomic mass is 16.5. The summed E-state index contributed by atoms with van der Waals surface area (Å²) in [5.41, 5.74) is 6.50. The standard InChI is InChI=1S/C39H38N4O7/c1-47-33-16-28-30(40-20-27-14-23-8-3-5-10-25(23)21-42(27)38(28)45)18-35(33)49-12-7-13-50-36-19-31-29(17-34(36)48-2)39(46)43-22-26-11-6-4-9-24(26)15-32(43)37(44)41-31/h3-6,8-11,16-20,27,32,37,41,44H,7,12-15,21-22H2,1-2H3. The fraction of sp³-hybridized carbons (Fsp3) is 0.308. The fourth-order valence-corrected chi connectivity index (χ4v) is 7.34. The van der Waals surface area contributed by atoms with Gasteiger partial charge >= 0.3 is 0 Å². The second-order valence-corrected chi connectivity index (χ2v) is 12.9. The van der Waals surface area contributed by atoms with Gasteiger partial charge in [0.05, 0.1) is 62.0 Å². The number of anilines is 1. The number of amides is 2. The molecule has 3 unspecified atom stereocenters. The first-order chi connectivity index (χ1) is 24.4. The Morgan fingerprint density at radius 3 is 2.00 bits per heavy atom. The molecule has 0 saturated carbocycles. The summed E-state index contributed by atoms with van der Waals surface area (Å²) in [5, 5.41) is 14.3. The van der Waals surface area contributed by atoms with Crippen LogP contribution in [0.4, 0.5) is 11.4 Å². The lowest BCUT2D eigenvalue weighted by Gasteiger charge is -2.37. The summed E-state index contributed by atoms with van der Waals surface area (Å²) in [5.74, 6) is 1.52. The van der Waals surface area contributed by atoms with Crippen LogP contribution in [0.2, 0.25) is 0 Å². The van der Waals surface area contributed by atoms with Gasteiger partial charge in [-0.15, -0.1) is 0 Å². The molecule has 4 aliphatic rings. The van der Waals surface area contributed by atoms with Crippen LogP contribution in [0.5, 0.6) is 23.0 Å². The van der Waals surface area contributed by atoms with Crippen LogP contribution >= 0.6 is 0 Å². The van der Waals surface area contributed by atoms with Crippen molar-refractivity contribution in [3.05, 3.63) is 106 Å². The van der Waals surface area contributed by atoms with E-state index in [9.17, 15) is 14.7 Å². The molecule has 4 aliphatic heterocycles. The number of carbonyl (C=O) groups excluding carboxylic acids is 2. The number of hydrogen-bond donors (Lipinski definition) is 2. The molecular weight excluding hydrogens is 636 g/mol. The van der Waals surface area contributed by atoms with Crippen LogP contribution in [0, 0.1) is 0 Å². The van der Waals surface area contributed by atoms with Gasteiger partial charge in [0.25, 0.3) is 11.8 Å². The van der Waals surface area contributed by atoms with Crippen LogP contribution < -0.4 is 24.3 Å². The second-order valence-electron chi connectivity index (χ2n) is 12.9. The van der Waals surface area contributed by atoms with E-state index in [-0.39, 0.29) is 24.5 Å². The van der Waals surface area contributed by atoms with Crippen molar-refractivity contribution in [2.24, 2.45) is 4.99 Å². The molecule has 0 spiro atoms. The first-order valence-electron chi connectivity index (χ1n) is 16.9. The van der Waals surface area contributed by atoms with Crippen molar-refractivity contribution in [3.63, 3.8) is 0 Å². The third-order valence-corrected chi connectivity index (χ3v) is 10.0. The normalized spacial score (nSPS) is 20.1. The number of rotatable bonds is 8. The van der Waals surface area contributed by atoms with Gasteiger partial charge in [0.2, 0.25) is 0 Å². The number of aliphatic hydroxyl groups is 1. The molecule has 0 radical (unpaired) electrons. The Labute approximate surface area is 290 Å². The van der Waals surface area contributed by atoms with Crippen molar-refractivity contribution in [3.8, 4) is 23.0 Å². The molecular formula is C39H38N4O7. The Morgan fingerprint density at radius 2 is 1.32 bits per heavy atom. The number of ether oxygens (including phenoxy) is 4. The zero-order chi connectivity index (χ0) is 34.4. The molecule has 3 atom stereocenters. The van der Waals surface area contributed by atoms with E-state index < -0.39 is 12.3 Å². The number of nitrogens with zero attached hydrogens (tertiary/aromatic N) is 3. The first-order valence-corrected chi connectivity index (χ1v) is 16.9. The summed E-state index contributed by atoms with van der Waals surface area (Å²) in [7, 11) is 3.08. The van der Waals surface area contributed by atoms with Crippen molar-refractivity contribution < 1.29 is 33.6 Å². The lowest BCUT2D eigenvalue weighted by molar-refractivity contribution is 0.0396. The molecule has 50 heavy (non-hydrogen) atoms. The molecule has 4 aromatic carbocycles. The number of methoxy groups -OCH3 is 2. The second kappa shape index (κ2) is 13.1. The molecule has 0 fully saturated rings. The van der Waals surface area contributed by atoms with Crippen LogP contribution in [0.3, 0.4) is 0 Å². The van der Waals surface area contributed by atoms with E-state index in [0.29, 0.717) is 78.0 Å². The predicted molar refractivity (Wildman–Crippen MR) is 187 cm³/mol. The van der Waals surface area contributed by atoms with E-state index in [2.05, 4.69) is 17.4 Å². The highest BCUT2D eigenvalue weighted by Crippen LogP contribution is 2.40. The van der Waals surface area contributed by atoms with E-state index in [1.54, 1.807) is 36.3 Å². The van der Waals surface area contributed by atoms with Gasteiger partial charge in [-0.05, 0) is 47.2 Å². The molecule has 11 heteroatoms. The lowest BCUT2D eigenvalue weighted by atomic mass is 9.93. The molecule has 0 bridgehead atoms. The van der Waals surface area contributed by atoms with Gasteiger partial charge in [-0.1, -0.05) is 48.5 Å². The molecule has 2 N–H and O–H groups in total. The minimum absolute atomic E-state index is 0.0882. The van der Waals surface area contributed by atoms with Crippen molar-refractivity contribution in [1.82, 2.24) is 9.80 Å². The Hall–Kier alpha value is -5.55. The van der Waals surface area contributed by atoms with E-state index in [1.807, 2.05) is 47.5 Å². The SMILES string of the molecule is COc1cc2c(cc1OCCCOc1cc3c(cc1OC)C(=O)N1Cc4ccccc4CC1C(O)N3)N=CC1Cc3ccccc3CN1C2=O. The van der Waals surface area contributed by atoms with Gasteiger partial charge in [-0.2, -0.15) is 0 Å². The van der Waals surface area contributed by atoms with Crippen LogP contribution in [0.25, 0.3) is 0 Å². The number of aliphatic hydroxyl groups excluding tert-OH is 1. The molecule has 4 heterocycles. The summed E-state index contributed by atoms with van der Waals surface area (Å²) < 4.78 is 23.5. The first kappa shape index (κ1) is 31.7. The van der Waals surface area contributed by atoms with Gasteiger partial charge in [-0.25, -0.2) is 0 Å². The summed E-state index contributed by atoms with van der Waals surface area (Å²) in [4.78, 5) is 35.7. The maximum Gasteiger partial charge on any atom is 0.257 e. The average molecular weight is 675 g/mol. The monoisotopic (exact) mass is 674 g/mol. The quantitative estimate of drug-likeness (QED) is 0.247. The summed E-state index contributed by atoms with van der Waals surface area (Å²) in [6, 6.07) is 22.5. The van der Waals surface area contributed by atoms with E-state index >= 15 is 0 Å². The lowest BCUT2D eigenvalue weighted by Crippen LogP contribution is -2.50. The smallest absolute Gasteiger partial charge is 0.257 e. The van der Waals surface area contributed by atoms with Crippen LogP contribution in [0.15, 0.2) is 77.8 Å². The van der Waals surface area contributed by atoms with Crippen LogP contribution in [-0.4, -0.2) is 78.7 Å². The largest absolute Gasteiger partial charge is 0.493 e. The van der Waals surface area contributed by atoms with Crippen molar-refractivity contribution in [1.29, 1.82) is 0 Å². The van der Waals surface area contributed by atoms with Gasteiger partial charge in [-0.3, -0.25) is 14.6 Å². The van der Waals surface area contributed by atoms with Gasteiger partial charge in [0.1, 0.15) is 6.23 Å². The van der Waals surface area contributed by atoms with E-state index in [0.717, 1.165) is 23.1 Å². The Bertz CT molecular complexity index is 2010. The van der Waals surface area contributed by atoms with E-state index in [4.69, 9.17) is 23.9 Å². The fourth-order valence-electron chi connectivity index (χ4n) is 7.34. The third-order valence-electron chi connectivity index (χ3n) is 10.0. The van der Waals surface area contributed by atoms with Crippen molar-refractivity contribution in [2.45, 2.75) is 50.7 Å². The minimum Gasteiger partial charge on any atom is -0.493 e. The zero-order valence-electron chi connectivity index (χ0n) is 27.9. The van der Waals surface area contributed by atoms with Crippen molar-refractivity contribution >= 4 is 29.4 Å². The minimum atomic E-state index is -0.962. The number of benzene rings is 4. The van der Waals surface area contributed by atoms with Gasteiger partial charge < -0.3 is 39.2 Å². The molecule has 8 rings (SSSR count). The highest BCUT2D eigenvalue weighted by molar-refractivity contribution is 6.04.